The van der Waals surface area contributed by atoms with Crippen LogP contribution in [0.15, 0.2) is 73.3 Å². The van der Waals surface area contributed by atoms with Gasteiger partial charge in [-0.05, 0) is 80.7 Å². The minimum Gasteiger partial charge on any atom is -0.322 e. The van der Waals surface area contributed by atoms with Gasteiger partial charge in [-0.1, -0.05) is 19.1 Å². The standard InChI is InChI=1S/C29H31N7O/c1-3-36-15-5-7-24(19-36)21-8-10-22(11-9-21)28(37)33-25-16-27(20(2)32-18-25)35-29-31-14-12-26(34-29)23-6-4-13-30-17-23/h4,6,8-14,16-18,24H,3,5,7,15,19H2,1-2H3,(H,33,37)(H,31,34,35). The number of likely N-dealkylation sites (N-methyl/N-ethyl adjacent to an activating group) is 1. The van der Waals surface area contributed by atoms with Crippen molar-refractivity contribution in [1.29, 1.82) is 0 Å². The van der Waals surface area contributed by atoms with Crippen LogP contribution in [0.3, 0.4) is 0 Å². The Morgan fingerprint density at radius 3 is 2.73 bits per heavy atom. The Hall–Kier alpha value is -4.17. The number of amides is 1. The van der Waals surface area contributed by atoms with Crippen LogP contribution in [-0.2, 0) is 0 Å². The van der Waals surface area contributed by atoms with Gasteiger partial charge in [-0.3, -0.25) is 14.8 Å². The van der Waals surface area contributed by atoms with Gasteiger partial charge in [-0.2, -0.15) is 0 Å². The summed E-state index contributed by atoms with van der Waals surface area (Å²) < 4.78 is 0. The minimum atomic E-state index is -0.170. The monoisotopic (exact) mass is 493 g/mol. The Morgan fingerprint density at radius 1 is 1.08 bits per heavy atom. The Morgan fingerprint density at radius 2 is 1.95 bits per heavy atom. The van der Waals surface area contributed by atoms with E-state index in [9.17, 15) is 4.79 Å². The Labute approximate surface area is 217 Å². The predicted octanol–water partition coefficient (Wildman–Crippen LogP) is 5.44. The SMILES string of the molecule is CCN1CCCC(c2ccc(C(=O)Nc3cnc(C)c(Nc4nccc(-c5cccnc5)n4)c3)cc2)C1. The first-order valence-electron chi connectivity index (χ1n) is 12.7. The fraction of sp³-hybridized carbons (Fsp3) is 0.276. The quantitative estimate of drug-likeness (QED) is 0.354. The molecule has 0 saturated carbocycles. The van der Waals surface area contributed by atoms with Crippen LogP contribution >= 0.6 is 0 Å². The zero-order chi connectivity index (χ0) is 25.6. The summed E-state index contributed by atoms with van der Waals surface area (Å²) in [7, 11) is 0. The first kappa shape index (κ1) is 24.5. The number of aromatic nitrogens is 4. The van der Waals surface area contributed by atoms with Crippen molar-refractivity contribution < 1.29 is 4.79 Å². The van der Waals surface area contributed by atoms with Gasteiger partial charge in [0.15, 0.2) is 0 Å². The average Bonchev–Trinajstić information content (AvgIpc) is 2.95. The number of piperidine rings is 1. The molecule has 0 spiro atoms. The van der Waals surface area contributed by atoms with E-state index in [1.54, 1.807) is 24.8 Å². The molecule has 1 saturated heterocycles. The summed E-state index contributed by atoms with van der Waals surface area (Å²) in [6.45, 7) is 7.45. The van der Waals surface area contributed by atoms with Crippen molar-refractivity contribution in [1.82, 2.24) is 24.8 Å². The first-order valence-corrected chi connectivity index (χ1v) is 12.7. The Balaban J connectivity index is 1.27. The van der Waals surface area contributed by atoms with Crippen LogP contribution in [-0.4, -0.2) is 50.4 Å². The van der Waals surface area contributed by atoms with Gasteiger partial charge in [0, 0.05) is 36.3 Å². The van der Waals surface area contributed by atoms with E-state index >= 15 is 0 Å². The summed E-state index contributed by atoms with van der Waals surface area (Å²) in [5.74, 6) is 0.797. The fourth-order valence-electron chi connectivity index (χ4n) is 4.67. The maximum atomic E-state index is 13.0. The number of pyridine rings is 2. The van der Waals surface area contributed by atoms with Crippen molar-refractivity contribution in [3.8, 4) is 11.3 Å². The molecule has 1 atom stereocenters. The van der Waals surface area contributed by atoms with Crippen LogP contribution in [0.4, 0.5) is 17.3 Å². The minimum absolute atomic E-state index is 0.170. The lowest BCUT2D eigenvalue weighted by Crippen LogP contribution is -2.34. The highest BCUT2D eigenvalue weighted by Crippen LogP contribution is 2.27. The van der Waals surface area contributed by atoms with Crippen molar-refractivity contribution >= 4 is 23.2 Å². The number of anilines is 3. The lowest BCUT2D eigenvalue weighted by atomic mass is 9.90. The third-order valence-electron chi connectivity index (χ3n) is 6.80. The van der Waals surface area contributed by atoms with E-state index in [-0.39, 0.29) is 5.91 Å². The van der Waals surface area contributed by atoms with Gasteiger partial charge < -0.3 is 15.5 Å². The highest BCUT2D eigenvalue weighted by atomic mass is 16.1. The Kier molecular flexibility index (Phi) is 7.46. The first-order chi connectivity index (χ1) is 18.1. The molecule has 1 unspecified atom stereocenters. The molecule has 1 aliphatic heterocycles. The number of rotatable bonds is 7. The molecule has 8 heteroatoms. The third-order valence-corrected chi connectivity index (χ3v) is 6.80. The molecule has 1 fully saturated rings. The molecule has 37 heavy (non-hydrogen) atoms. The van der Waals surface area contributed by atoms with Gasteiger partial charge in [0.25, 0.3) is 5.91 Å². The molecule has 8 nitrogen and oxygen atoms in total. The zero-order valence-electron chi connectivity index (χ0n) is 21.2. The summed E-state index contributed by atoms with van der Waals surface area (Å²) in [5, 5.41) is 6.19. The second-order valence-electron chi connectivity index (χ2n) is 9.30. The maximum absolute atomic E-state index is 13.0. The molecule has 2 N–H and O–H groups in total. The number of nitrogens with one attached hydrogen (secondary N) is 2. The van der Waals surface area contributed by atoms with Crippen molar-refractivity contribution in [2.45, 2.75) is 32.6 Å². The molecule has 4 aromatic rings. The number of likely N-dealkylation sites (tertiary alicyclic amines) is 1. The fourth-order valence-corrected chi connectivity index (χ4v) is 4.67. The summed E-state index contributed by atoms with van der Waals surface area (Å²) in [6.07, 6.45) is 9.25. The molecular formula is C29H31N7O. The normalized spacial score (nSPS) is 15.8. The van der Waals surface area contributed by atoms with E-state index < -0.39 is 0 Å². The van der Waals surface area contributed by atoms with Crippen molar-refractivity contribution in [2.24, 2.45) is 0 Å². The van der Waals surface area contributed by atoms with Gasteiger partial charge in [0.2, 0.25) is 5.95 Å². The highest BCUT2D eigenvalue weighted by molar-refractivity contribution is 6.04. The Bertz CT molecular complexity index is 1360. The molecule has 4 heterocycles. The zero-order valence-corrected chi connectivity index (χ0v) is 21.2. The van der Waals surface area contributed by atoms with Gasteiger partial charge in [0.1, 0.15) is 0 Å². The van der Waals surface area contributed by atoms with Crippen LogP contribution in [0.2, 0.25) is 0 Å². The van der Waals surface area contributed by atoms with Crippen LogP contribution < -0.4 is 10.6 Å². The summed E-state index contributed by atoms with van der Waals surface area (Å²) >= 11 is 0. The lowest BCUT2D eigenvalue weighted by Gasteiger charge is -2.32. The van der Waals surface area contributed by atoms with E-state index in [1.807, 2.05) is 43.3 Å². The van der Waals surface area contributed by atoms with Gasteiger partial charge in [0.05, 0.1) is 29.0 Å². The third kappa shape index (κ3) is 5.98. The summed E-state index contributed by atoms with van der Waals surface area (Å²) in [6, 6.07) is 15.5. The van der Waals surface area contributed by atoms with E-state index in [4.69, 9.17) is 0 Å². The molecule has 5 rings (SSSR count). The number of benzene rings is 1. The maximum Gasteiger partial charge on any atom is 0.255 e. The van der Waals surface area contributed by atoms with E-state index in [1.165, 1.54) is 24.9 Å². The predicted molar refractivity (Wildman–Crippen MR) is 146 cm³/mol. The summed E-state index contributed by atoms with van der Waals surface area (Å²) in [4.78, 5) is 33.0. The molecule has 0 aliphatic carbocycles. The van der Waals surface area contributed by atoms with E-state index in [0.29, 0.717) is 28.8 Å². The number of carbonyl (C=O) groups excluding carboxylic acids is 1. The van der Waals surface area contributed by atoms with E-state index in [2.05, 4.69) is 54.5 Å². The van der Waals surface area contributed by atoms with Crippen molar-refractivity contribution in [3.63, 3.8) is 0 Å². The van der Waals surface area contributed by atoms with Crippen LogP contribution in [0.1, 0.15) is 47.3 Å². The number of hydrogen-bond acceptors (Lipinski definition) is 7. The number of carbonyl (C=O) groups is 1. The molecule has 0 bridgehead atoms. The van der Waals surface area contributed by atoms with Gasteiger partial charge in [-0.25, -0.2) is 9.97 Å². The van der Waals surface area contributed by atoms with Crippen LogP contribution in [0, 0.1) is 6.92 Å². The highest BCUT2D eigenvalue weighted by Gasteiger charge is 2.20. The number of nitrogens with zero attached hydrogens (tertiary/aromatic N) is 5. The van der Waals surface area contributed by atoms with Gasteiger partial charge in [-0.15, -0.1) is 0 Å². The largest absolute Gasteiger partial charge is 0.322 e. The molecule has 188 valence electrons. The summed E-state index contributed by atoms with van der Waals surface area (Å²) in [5.41, 5.74) is 5.67. The molecule has 0 radical (unpaired) electrons. The smallest absolute Gasteiger partial charge is 0.255 e. The van der Waals surface area contributed by atoms with Gasteiger partial charge >= 0.3 is 0 Å². The molecule has 3 aromatic heterocycles. The second-order valence-corrected chi connectivity index (χ2v) is 9.30. The van der Waals surface area contributed by atoms with Crippen molar-refractivity contribution in [2.75, 3.05) is 30.3 Å². The van der Waals surface area contributed by atoms with Crippen LogP contribution in [0.5, 0.6) is 0 Å². The number of hydrogen-bond donors (Lipinski definition) is 2. The topological polar surface area (TPSA) is 95.9 Å². The van der Waals surface area contributed by atoms with E-state index in [0.717, 1.165) is 30.0 Å². The second kappa shape index (κ2) is 11.3. The average molecular weight is 494 g/mol. The molecule has 1 aromatic carbocycles. The molecule has 1 aliphatic rings. The lowest BCUT2D eigenvalue weighted by molar-refractivity contribution is 0.102. The number of aryl methyl sites for hydroxylation is 1. The molecule has 1 amide bonds. The molecular weight excluding hydrogens is 462 g/mol. The van der Waals surface area contributed by atoms with Crippen LogP contribution in [0.25, 0.3) is 11.3 Å². The van der Waals surface area contributed by atoms with Crippen molar-refractivity contribution in [3.05, 3.63) is 90.1 Å².